The van der Waals surface area contributed by atoms with E-state index < -0.39 is 197 Å². The van der Waals surface area contributed by atoms with Gasteiger partial charge in [-0.3, -0.25) is 0 Å². The second-order valence-corrected chi connectivity index (χ2v) is 22.3. The first-order chi connectivity index (χ1) is 36.7. The number of carbonyl (C=O) groups excluding carboxylic acids is 2. The fraction of sp³-hybridized carbons (Fsp3) is 0.882. The Bertz CT molecular complexity index is 1940. The van der Waals surface area contributed by atoms with Crippen LogP contribution in [0.25, 0.3) is 0 Å². The Morgan fingerprint density at radius 2 is 0.961 bits per heavy atom. The van der Waals surface area contributed by atoms with Gasteiger partial charge in [0, 0.05) is 24.5 Å². The molecule has 26 heteroatoms. The molecule has 8 rings (SSSR count). The molecule has 440 valence electrons. The van der Waals surface area contributed by atoms with Gasteiger partial charge in [-0.25, -0.2) is 9.59 Å². The van der Waals surface area contributed by atoms with Gasteiger partial charge in [-0.05, 0) is 94.8 Å². The SMILES string of the molecule is O=C(C=CC1CCC(O)C(O)C1)OCC1OC(OC2C(OC3CC4C(OC5OC(CO)C(O)C(O)C5O)CC(O)CC4OC3C3CCC(O)C(O)C3)OC(COC(=O)C=CC3CCC(O)CC3)C(O)C2O)C(O)C(O)C1O. The molecule has 4 aliphatic carbocycles. The molecule has 77 heavy (non-hydrogen) atoms. The number of aliphatic hydroxyl groups excluding tert-OH is 15. The summed E-state index contributed by atoms with van der Waals surface area (Å²) in [6.45, 7) is -2.08. The van der Waals surface area contributed by atoms with E-state index in [1.807, 2.05) is 0 Å². The summed E-state index contributed by atoms with van der Waals surface area (Å²) in [5, 5.41) is 161. The summed E-state index contributed by atoms with van der Waals surface area (Å²) in [5.41, 5.74) is 0. The molecule has 4 aliphatic heterocycles. The number of fused-ring (bicyclic) bond motifs is 1. The Balaban J connectivity index is 1.04. The van der Waals surface area contributed by atoms with Crippen molar-refractivity contribution < 1.29 is 129 Å². The van der Waals surface area contributed by atoms with E-state index >= 15 is 0 Å². The highest BCUT2D eigenvalue weighted by atomic mass is 16.8. The summed E-state index contributed by atoms with van der Waals surface area (Å²) < 4.78 is 54.6. The molecule has 4 heterocycles. The van der Waals surface area contributed by atoms with Gasteiger partial charge in [-0.15, -0.1) is 0 Å². The van der Waals surface area contributed by atoms with E-state index in [9.17, 15) is 86.2 Å². The first-order valence-electron chi connectivity index (χ1n) is 27.1. The van der Waals surface area contributed by atoms with Gasteiger partial charge in [0.25, 0.3) is 0 Å². The van der Waals surface area contributed by atoms with Gasteiger partial charge in [0.2, 0.25) is 0 Å². The number of rotatable bonds is 16. The number of carbonyl (C=O) groups is 2. The Morgan fingerprint density at radius 1 is 0.442 bits per heavy atom. The zero-order valence-corrected chi connectivity index (χ0v) is 42.6. The van der Waals surface area contributed by atoms with Crippen LogP contribution in [0.15, 0.2) is 24.3 Å². The second kappa shape index (κ2) is 27.1. The number of hydrogen-bond donors (Lipinski definition) is 15. The molecule has 15 N–H and O–H groups in total. The largest absolute Gasteiger partial charge is 0.460 e. The summed E-state index contributed by atoms with van der Waals surface area (Å²) in [4.78, 5) is 25.8. The van der Waals surface area contributed by atoms with Crippen LogP contribution in [-0.2, 0) is 52.2 Å². The molecule has 8 aliphatic rings. The third-order valence-electron chi connectivity index (χ3n) is 16.9. The van der Waals surface area contributed by atoms with Crippen LogP contribution in [0, 0.1) is 23.7 Å². The molecule has 4 saturated heterocycles. The molecule has 0 bridgehead atoms. The maximum absolute atomic E-state index is 13.0. The Morgan fingerprint density at radius 3 is 1.57 bits per heavy atom. The Labute approximate surface area is 444 Å². The zero-order chi connectivity index (χ0) is 55.4. The van der Waals surface area contributed by atoms with E-state index in [4.69, 9.17) is 42.6 Å². The van der Waals surface area contributed by atoms with Crippen LogP contribution in [0.3, 0.4) is 0 Å². The lowest BCUT2D eigenvalue weighted by Gasteiger charge is -2.53. The highest BCUT2D eigenvalue weighted by Gasteiger charge is 2.56. The predicted octanol–water partition coefficient (Wildman–Crippen LogP) is -5.08. The van der Waals surface area contributed by atoms with E-state index in [0.29, 0.717) is 44.9 Å². The minimum Gasteiger partial charge on any atom is -0.460 e. The normalized spacial score (nSPS) is 49.1. The summed E-state index contributed by atoms with van der Waals surface area (Å²) in [6.07, 6.45) is -26.8. The van der Waals surface area contributed by atoms with Crippen LogP contribution in [0.1, 0.15) is 83.5 Å². The van der Waals surface area contributed by atoms with Crippen molar-refractivity contribution >= 4 is 11.9 Å². The monoisotopic (exact) mass is 1110 g/mol. The molecule has 27 unspecified atom stereocenters. The third kappa shape index (κ3) is 14.8. The fourth-order valence-corrected chi connectivity index (χ4v) is 12.2. The highest BCUT2D eigenvalue weighted by Crippen LogP contribution is 2.45. The van der Waals surface area contributed by atoms with E-state index in [-0.39, 0.29) is 50.4 Å². The smallest absolute Gasteiger partial charge is 0.330 e. The maximum Gasteiger partial charge on any atom is 0.330 e. The molecule has 4 saturated carbocycles. The molecular formula is C51H80O26. The van der Waals surface area contributed by atoms with Gasteiger partial charge < -0.3 is 119 Å². The van der Waals surface area contributed by atoms with Crippen molar-refractivity contribution in [1.82, 2.24) is 0 Å². The van der Waals surface area contributed by atoms with Crippen molar-refractivity contribution in [3.05, 3.63) is 24.3 Å². The molecule has 26 nitrogen and oxygen atoms in total. The Kier molecular flexibility index (Phi) is 21.3. The predicted molar refractivity (Wildman–Crippen MR) is 255 cm³/mol. The van der Waals surface area contributed by atoms with E-state index in [0.717, 1.165) is 6.08 Å². The van der Waals surface area contributed by atoms with Crippen LogP contribution < -0.4 is 0 Å². The lowest BCUT2D eigenvalue weighted by molar-refractivity contribution is -0.380. The fourth-order valence-electron chi connectivity index (χ4n) is 12.2. The van der Waals surface area contributed by atoms with Crippen molar-refractivity contribution in [3.8, 4) is 0 Å². The van der Waals surface area contributed by atoms with Crippen LogP contribution in [0.5, 0.6) is 0 Å². The van der Waals surface area contributed by atoms with Gasteiger partial charge in [0.15, 0.2) is 18.9 Å². The third-order valence-corrected chi connectivity index (χ3v) is 16.9. The quantitative estimate of drug-likeness (QED) is 0.0508. The second-order valence-electron chi connectivity index (χ2n) is 22.3. The van der Waals surface area contributed by atoms with Gasteiger partial charge in [-0.2, -0.15) is 0 Å². The zero-order valence-electron chi connectivity index (χ0n) is 42.6. The average Bonchev–Trinajstić information content (AvgIpc) is 3.40. The van der Waals surface area contributed by atoms with Crippen LogP contribution in [0.2, 0.25) is 0 Å². The summed E-state index contributed by atoms with van der Waals surface area (Å²) in [6, 6.07) is 0. The molecule has 8 fully saturated rings. The number of hydrogen-bond acceptors (Lipinski definition) is 26. The van der Waals surface area contributed by atoms with Gasteiger partial charge in [0.05, 0.1) is 67.6 Å². The minimum absolute atomic E-state index is 0.00700. The summed E-state index contributed by atoms with van der Waals surface area (Å²) >= 11 is 0. The summed E-state index contributed by atoms with van der Waals surface area (Å²) in [5.74, 6) is -3.18. The number of allylic oxidation sites excluding steroid dienone is 2. The molecule has 0 amide bonds. The van der Waals surface area contributed by atoms with Gasteiger partial charge >= 0.3 is 11.9 Å². The number of aliphatic hydroxyl groups is 15. The van der Waals surface area contributed by atoms with Crippen molar-refractivity contribution in [2.45, 2.75) is 237 Å². The molecule has 0 radical (unpaired) electrons. The topological polar surface area (TPSA) is 421 Å². The summed E-state index contributed by atoms with van der Waals surface area (Å²) in [7, 11) is 0. The van der Waals surface area contributed by atoms with Crippen LogP contribution >= 0.6 is 0 Å². The van der Waals surface area contributed by atoms with Crippen molar-refractivity contribution in [1.29, 1.82) is 0 Å². The van der Waals surface area contributed by atoms with Gasteiger partial charge in [0.1, 0.15) is 86.5 Å². The van der Waals surface area contributed by atoms with E-state index in [1.54, 1.807) is 6.08 Å². The van der Waals surface area contributed by atoms with E-state index in [1.165, 1.54) is 12.2 Å². The molecule has 27 atom stereocenters. The molecular weight excluding hydrogens is 1030 g/mol. The lowest BCUT2D eigenvalue weighted by Crippen LogP contribution is -2.66. The van der Waals surface area contributed by atoms with Crippen LogP contribution in [0.4, 0.5) is 0 Å². The number of esters is 2. The molecule has 0 aromatic rings. The van der Waals surface area contributed by atoms with Crippen molar-refractivity contribution in [3.63, 3.8) is 0 Å². The standard InChI is InChI=1S/C51H80O26/c52-18-34-39(61)42(64)45(67)49(74-34)72-32-16-25(54)15-31-26(32)17-33(47(71-31)23-6-10-28(56)30(58)14-23)73-51-48(44(66)41(63)36(76-51)20-70-37(59)11-4-21-1-7-24(53)8-2-21)77-50-46(68)43(65)40(62)35(75-50)19-69-38(60)12-5-22-3-9-27(55)29(57)13-22/h4-5,11-12,21-36,39-58,61-68H,1-3,6-10,13-20H2. The number of ether oxygens (including phenoxy) is 9. The van der Waals surface area contributed by atoms with Gasteiger partial charge in [-0.1, -0.05) is 12.2 Å². The van der Waals surface area contributed by atoms with Crippen LogP contribution in [-0.4, -0.2) is 262 Å². The van der Waals surface area contributed by atoms with E-state index in [2.05, 4.69) is 0 Å². The molecule has 0 spiro atoms. The molecule has 0 aromatic carbocycles. The Hall–Kier alpha value is -2.46. The average molecular weight is 1110 g/mol. The minimum atomic E-state index is -2.05. The first kappa shape index (κ1) is 60.6. The molecule has 0 aromatic heterocycles. The first-order valence-corrected chi connectivity index (χ1v) is 27.1. The van der Waals surface area contributed by atoms with Crippen molar-refractivity contribution in [2.24, 2.45) is 23.7 Å². The maximum atomic E-state index is 13.0. The highest BCUT2D eigenvalue weighted by molar-refractivity contribution is 5.82. The lowest BCUT2D eigenvalue weighted by atomic mass is 9.72. The van der Waals surface area contributed by atoms with Crippen molar-refractivity contribution in [2.75, 3.05) is 19.8 Å².